The molecule has 0 bridgehead atoms. The topological polar surface area (TPSA) is 84.0 Å². The van der Waals surface area contributed by atoms with Crippen LogP contribution in [0.2, 0.25) is 0 Å². The summed E-state index contributed by atoms with van der Waals surface area (Å²) in [6.07, 6.45) is 1.33. The Hall–Kier alpha value is -3.17. The first-order valence-electron chi connectivity index (χ1n) is 7.37. The Balaban J connectivity index is 2.08. The molecule has 2 rings (SSSR count). The van der Waals surface area contributed by atoms with Crippen molar-refractivity contribution in [2.45, 2.75) is 13.2 Å². The summed E-state index contributed by atoms with van der Waals surface area (Å²) in [5.74, 6) is 0.0129. The summed E-state index contributed by atoms with van der Waals surface area (Å²) in [4.78, 5) is 28.5. The number of halogens is 2. The molecule has 0 spiro atoms. The SMILES string of the molecule is COc1cc(/C=N/OCc2cc(=O)n(C)c(=O)n2C)ccc1OC(F)F. The van der Waals surface area contributed by atoms with E-state index in [1.807, 2.05) is 0 Å². The van der Waals surface area contributed by atoms with Crippen LogP contribution in [0.4, 0.5) is 8.78 Å². The van der Waals surface area contributed by atoms with Crippen LogP contribution in [0.25, 0.3) is 0 Å². The molecule has 0 N–H and O–H groups in total. The van der Waals surface area contributed by atoms with E-state index in [2.05, 4.69) is 9.89 Å². The van der Waals surface area contributed by atoms with Crippen molar-refractivity contribution in [2.75, 3.05) is 7.11 Å². The van der Waals surface area contributed by atoms with Crippen LogP contribution in [0.5, 0.6) is 11.5 Å². The van der Waals surface area contributed by atoms with Crippen LogP contribution >= 0.6 is 0 Å². The second-order valence-corrected chi connectivity index (χ2v) is 5.17. The minimum atomic E-state index is -2.96. The van der Waals surface area contributed by atoms with E-state index < -0.39 is 17.9 Å². The van der Waals surface area contributed by atoms with Crippen molar-refractivity contribution in [1.82, 2.24) is 9.13 Å². The molecule has 0 unspecified atom stereocenters. The van der Waals surface area contributed by atoms with Gasteiger partial charge in [0.2, 0.25) is 0 Å². The van der Waals surface area contributed by atoms with Gasteiger partial charge in [0.1, 0.15) is 0 Å². The quantitative estimate of drug-likeness (QED) is 0.542. The van der Waals surface area contributed by atoms with E-state index in [0.29, 0.717) is 11.3 Å². The van der Waals surface area contributed by atoms with E-state index in [9.17, 15) is 18.4 Å². The number of methoxy groups -OCH3 is 1. The van der Waals surface area contributed by atoms with Crippen LogP contribution in [0.1, 0.15) is 11.3 Å². The van der Waals surface area contributed by atoms with Gasteiger partial charge in [0.25, 0.3) is 5.56 Å². The van der Waals surface area contributed by atoms with Crippen molar-refractivity contribution in [3.63, 3.8) is 0 Å². The molecule has 0 aliphatic carbocycles. The molecule has 0 aliphatic rings. The molecule has 0 amide bonds. The first kappa shape index (κ1) is 19.2. The van der Waals surface area contributed by atoms with E-state index >= 15 is 0 Å². The van der Waals surface area contributed by atoms with Crippen molar-refractivity contribution >= 4 is 6.21 Å². The molecule has 0 saturated heterocycles. The third-order valence-corrected chi connectivity index (χ3v) is 3.52. The minimum Gasteiger partial charge on any atom is -0.493 e. The van der Waals surface area contributed by atoms with Gasteiger partial charge in [-0.3, -0.25) is 13.9 Å². The number of hydrogen-bond acceptors (Lipinski definition) is 6. The third-order valence-electron chi connectivity index (χ3n) is 3.52. The zero-order valence-electron chi connectivity index (χ0n) is 14.3. The number of oxime groups is 1. The Labute approximate surface area is 146 Å². The number of alkyl halides is 2. The molecule has 10 heteroatoms. The van der Waals surface area contributed by atoms with E-state index in [0.717, 1.165) is 4.57 Å². The Bertz CT molecular complexity index is 921. The molecule has 2 aromatic rings. The zero-order valence-corrected chi connectivity index (χ0v) is 14.3. The first-order valence-corrected chi connectivity index (χ1v) is 7.37. The maximum absolute atomic E-state index is 12.3. The number of hydrogen-bond donors (Lipinski definition) is 0. The van der Waals surface area contributed by atoms with Gasteiger partial charge in [-0.05, 0) is 18.2 Å². The summed E-state index contributed by atoms with van der Waals surface area (Å²) < 4.78 is 36.1. The monoisotopic (exact) mass is 369 g/mol. The molecule has 0 radical (unpaired) electrons. The molecule has 0 fully saturated rings. The van der Waals surface area contributed by atoms with Crippen molar-refractivity contribution < 1.29 is 23.1 Å². The van der Waals surface area contributed by atoms with Gasteiger partial charge in [-0.15, -0.1) is 0 Å². The lowest BCUT2D eigenvalue weighted by molar-refractivity contribution is -0.0512. The van der Waals surface area contributed by atoms with Crippen LogP contribution in [-0.4, -0.2) is 29.1 Å². The molecule has 8 nitrogen and oxygen atoms in total. The van der Waals surface area contributed by atoms with E-state index in [1.165, 1.54) is 56.3 Å². The van der Waals surface area contributed by atoms with Crippen molar-refractivity contribution in [1.29, 1.82) is 0 Å². The lowest BCUT2D eigenvalue weighted by atomic mass is 10.2. The second kappa shape index (κ2) is 8.28. The number of ether oxygens (including phenoxy) is 2. The zero-order chi connectivity index (χ0) is 19.3. The largest absolute Gasteiger partial charge is 0.493 e. The molecular weight excluding hydrogens is 352 g/mol. The Morgan fingerprint density at radius 1 is 1.15 bits per heavy atom. The molecule has 1 aromatic carbocycles. The molecule has 0 aliphatic heterocycles. The summed E-state index contributed by atoms with van der Waals surface area (Å²) in [7, 11) is 4.21. The van der Waals surface area contributed by atoms with Gasteiger partial charge in [-0.2, -0.15) is 8.78 Å². The highest BCUT2D eigenvalue weighted by Crippen LogP contribution is 2.28. The first-order chi connectivity index (χ1) is 12.3. The van der Waals surface area contributed by atoms with Gasteiger partial charge >= 0.3 is 12.3 Å². The summed E-state index contributed by atoms with van der Waals surface area (Å²) in [5.41, 5.74) is -0.0516. The summed E-state index contributed by atoms with van der Waals surface area (Å²) in [6.45, 7) is -3.06. The lowest BCUT2D eigenvalue weighted by Gasteiger charge is -2.10. The number of nitrogens with zero attached hydrogens (tertiary/aromatic N) is 3. The van der Waals surface area contributed by atoms with E-state index in [1.54, 1.807) is 0 Å². The molecule has 0 saturated carbocycles. The molecule has 1 heterocycles. The van der Waals surface area contributed by atoms with Gasteiger partial charge in [0, 0.05) is 25.7 Å². The van der Waals surface area contributed by atoms with Crippen LogP contribution < -0.4 is 20.7 Å². The highest BCUT2D eigenvalue weighted by atomic mass is 19.3. The second-order valence-electron chi connectivity index (χ2n) is 5.17. The predicted octanol–water partition coefficient (Wildman–Crippen LogP) is 1.24. The molecule has 0 atom stereocenters. The van der Waals surface area contributed by atoms with Crippen LogP contribution in [-0.2, 0) is 25.5 Å². The van der Waals surface area contributed by atoms with Gasteiger partial charge in [0.05, 0.1) is 19.0 Å². The Morgan fingerprint density at radius 2 is 1.88 bits per heavy atom. The molecule has 1 aromatic heterocycles. The fraction of sp³-hybridized carbons (Fsp3) is 0.312. The normalized spacial score (nSPS) is 11.2. The Kier molecular flexibility index (Phi) is 6.10. The van der Waals surface area contributed by atoms with Crippen molar-refractivity contribution in [3.8, 4) is 11.5 Å². The van der Waals surface area contributed by atoms with Crippen LogP contribution in [0, 0.1) is 0 Å². The molecular formula is C16H17F2N3O5. The van der Waals surface area contributed by atoms with E-state index in [4.69, 9.17) is 9.57 Å². The average Bonchev–Trinajstić information content (AvgIpc) is 2.61. The van der Waals surface area contributed by atoms with Crippen molar-refractivity contribution in [3.05, 3.63) is 56.4 Å². The van der Waals surface area contributed by atoms with Gasteiger partial charge in [-0.1, -0.05) is 5.16 Å². The summed E-state index contributed by atoms with van der Waals surface area (Å²) in [5, 5.41) is 3.73. The van der Waals surface area contributed by atoms with Crippen LogP contribution in [0.3, 0.4) is 0 Å². The van der Waals surface area contributed by atoms with Gasteiger partial charge < -0.3 is 14.3 Å². The standard InChI is InChI=1S/C16H17F2N3O5/c1-20-11(7-14(22)21(2)16(20)23)9-25-19-8-10-4-5-12(26-15(17)18)13(6-10)24-3/h4-8,15H,9H2,1-3H3/b19-8+. The average molecular weight is 369 g/mol. The minimum absolute atomic E-state index is 0.0952. The summed E-state index contributed by atoms with van der Waals surface area (Å²) in [6, 6.07) is 5.52. The predicted molar refractivity (Wildman–Crippen MR) is 88.9 cm³/mol. The third kappa shape index (κ3) is 4.47. The van der Waals surface area contributed by atoms with Gasteiger partial charge in [0.15, 0.2) is 18.1 Å². The smallest absolute Gasteiger partial charge is 0.387 e. The number of benzene rings is 1. The number of aromatic nitrogens is 2. The van der Waals surface area contributed by atoms with Gasteiger partial charge in [-0.25, -0.2) is 4.79 Å². The molecule has 140 valence electrons. The maximum atomic E-state index is 12.3. The summed E-state index contributed by atoms with van der Waals surface area (Å²) >= 11 is 0. The van der Waals surface area contributed by atoms with E-state index in [-0.39, 0.29) is 18.1 Å². The highest BCUT2D eigenvalue weighted by molar-refractivity contribution is 5.80. The maximum Gasteiger partial charge on any atom is 0.387 e. The number of rotatable bonds is 7. The Morgan fingerprint density at radius 3 is 2.54 bits per heavy atom. The lowest BCUT2D eigenvalue weighted by Crippen LogP contribution is -2.38. The van der Waals surface area contributed by atoms with Crippen LogP contribution in [0.15, 0.2) is 39.0 Å². The fourth-order valence-corrected chi connectivity index (χ4v) is 2.08. The van der Waals surface area contributed by atoms with Crippen molar-refractivity contribution in [2.24, 2.45) is 19.3 Å². The fourth-order valence-electron chi connectivity index (χ4n) is 2.08. The molecule has 26 heavy (non-hydrogen) atoms. The highest BCUT2D eigenvalue weighted by Gasteiger charge is 2.10.